The van der Waals surface area contributed by atoms with E-state index in [4.69, 9.17) is 11.6 Å². The molecule has 0 aliphatic carbocycles. The molecule has 1 saturated heterocycles. The van der Waals surface area contributed by atoms with Gasteiger partial charge in [0, 0.05) is 24.7 Å². The molecule has 1 aliphatic rings. The normalized spacial score (nSPS) is 16.7. The summed E-state index contributed by atoms with van der Waals surface area (Å²) in [5, 5.41) is 3.61. The quantitative estimate of drug-likeness (QED) is 0.922. The van der Waals surface area contributed by atoms with Crippen molar-refractivity contribution >= 4 is 17.5 Å². The molecule has 1 N–H and O–H groups in total. The van der Waals surface area contributed by atoms with E-state index >= 15 is 0 Å². The van der Waals surface area contributed by atoms with Crippen LogP contribution in [0.4, 0.5) is 4.39 Å². The zero-order chi connectivity index (χ0) is 13.8. The number of carbonyl (C=O) groups is 1. The highest BCUT2D eigenvalue weighted by atomic mass is 35.5. The van der Waals surface area contributed by atoms with Crippen LogP contribution in [0.2, 0.25) is 5.02 Å². The molecule has 1 aliphatic heterocycles. The van der Waals surface area contributed by atoms with Gasteiger partial charge in [-0.2, -0.15) is 0 Å². The monoisotopic (exact) mass is 284 g/mol. The zero-order valence-corrected chi connectivity index (χ0v) is 11.7. The lowest BCUT2D eigenvalue weighted by molar-refractivity contribution is -0.131. The minimum absolute atomic E-state index is 0.102. The Bertz CT molecular complexity index is 461. The zero-order valence-electron chi connectivity index (χ0n) is 11.0. The summed E-state index contributed by atoms with van der Waals surface area (Å²) in [7, 11) is 0. The molecule has 0 aromatic heterocycles. The molecule has 0 radical (unpaired) electrons. The van der Waals surface area contributed by atoms with Gasteiger partial charge in [-0.1, -0.05) is 11.6 Å². The number of halogens is 2. The number of likely N-dealkylation sites (tertiary alicyclic amines) is 1. The first-order chi connectivity index (χ1) is 9.08. The predicted molar refractivity (Wildman–Crippen MR) is 73.5 cm³/mol. The minimum atomic E-state index is -0.320. The van der Waals surface area contributed by atoms with Gasteiger partial charge >= 0.3 is 0 Å². The van der Waals surface area contributed by atoms with E-state index < -0.39 is 0 Å². The topological polar surface area (TPSA) is 32.3 Å². The van der Waals surface area contributed by atoms with Crippen LogP contribution in [0.15, 0.2) is 18.2 Å². The molecular formula is C14H18ClFN2O. The average molecular weight is 285 g/mol. The van der Waals surface area contributed by atoms with Crippen molar-refractivity contribution in [2.24, 2.45) is 0 Å². The van der Waals surface area contributed by atoms with E-state index in [-0.39, 0.29) is 17.8 Å². The first-order valence-electron chi connectivity index (χ1n) is 6.54. The standard InChI is InChI=1S/C14H18ClFN2O/c1-10(14(19)18-6-2-3-7-18)17-9-11-8-12(16)4-5-13(11)15/h4-5,8,10,17H,2-3,6-7,9H2,1H3. The summed E-state index contributed by atoms with van der Waals surface area (Å²) in [6, 6.07) is 3.96. The number of rotatable bonds is 4. The van der Waals surface area contributed by atoms with E-state index in [1.165, 1.54) is 18.2 Å². The van der Waals surface area contributed by atoms with Gasteiger partial charge in [0.1, 0.15) is 5.82 Å². The highest BCUT2D eigenvalue weighted by molar-refractivity contribution is 6.31. The first kappa shape index (κ1) is 14.3. The van der Waals surface area contributed by atoms with Gasteiger partial charge < -0.3 is 10.2 Å². The molecule has 1 fully saturated rings. The lowest BCUT2D eigenvalue weighted by atomic mass is 10.2. The molecular weight excluding hydrogens is 267 g/mol. The van der Waals surface area contributed by atoms with Gasteiger partial charge in [0.25, 0.3) is 0 Å². The number of hydrogen-bond acceptors (Lipinski definition) is 2. The second-order valence-electron chi connectivity index (χ2n) is 4.87. The fourth-order valence-electron chi connectivity index (χ4n) is 2.24. The average Bonchev–Trinajstić information content (AvgIpc) is 2.92. The molecule has 1 aromatic rings. The maximum Gasteiger partial charge on any atom is 0.239 e. The van der Waals surface area contributed by atoms with Gasteiger partial charge in [-0.3, -0.25) is 4.79 Å². The van der Waals surface area contributed by atoms with E-state index in [9.17, 15) is 9.18 Å². The van der Waals surface area contributed by atoms with Crippen molar-refractivity contribution < 1.29 is 9.18 Å². The Labute approximate surface area is 117 Å². The predicted octanol–water partition coefficient (Wildman–Crippen LogP) is 2.58. The fourth-order valence-corrected chi connectivity index (χ4v) is 2.42. The van der Waals surface area contributed by atoms with Crippen LogP contribution in [0.1, 0.15) is 25.3 Å². The third-order valence-electron chi connectivity index (χ3n) is 3.39. The summed E-state index contributed by atoms with van der Waals surface area (Å²) in [4.78, 5) is 13.9. The molecule has 104 valence electrons. The summed E-state index contributed by atoms with van der Waals surface area (Å²) in [6.07, 6.45) is 2.16. The van der Waals surface area contributed by atoms with Crippen LogP contribution < -0.4 is 5.32 Å². The van der Waals surface area contributed by atoms with Crippen LogP contribution >= 0.6 is 11.6 Å². The molecule has 0 saturated carbocycles. The number of nitrogens with one attached hydrogen (secondary N) is 1. The Kier molecular flexibility index (Phi) is 4.77. The molecule has 0 spiro atoms. The number of nitrogens with zero attached hydrogens (tertiary/aromatic N) is 1. The van der Waals surface area contributed by atoms with Crippen LogP contribution in [0.5, 0.6) is 0 Å². The molecule has 5 heteroatoms. The van der Waals surface area contributed by atoms with Gasteiger partial charge in [0.15, 0.2) is 0 Å². The van der Waals surface area contributed by atoms with Crippen molar-refractivity contribution in [3.8, 4) is 0 Å². The lowest BCUT2D eigenvalue weighted by Crippen LogP contribution is -2.43. The van der Waals surface area contributed by atoms with Crippen molar-refractivity contribution in [2.75, 3.05) is 13.1 Å². The van der Waals surface area contributed by atoms with Crippen molar-refractivity contribution in [2.45, 2.75) is 32.4 Å². The van der Waals surface area contributed by atoms with Gasteiger partial charge in [-0.05, 0) is 43.5 Å². The van der Waals surface area contributed by atoms with Crippen molar-refractivity contribution in [1.82, 2.24) is 10.2 Å². The third-order valence-corrected chi connectivity index (χ3v) is 3.76. The smallest absolute Gasteiger partial charge is 0.239 e. The highest BCUT2D eigenvalue weighted by Gasteiger charge is 2.22. The van der Waals surface area contributed by atoms with Crippen LogP contribution in [-0.2, 0) is 11.3 Å². The second-order valence-corrected chi connectivity index (χ2v) is 5.28. The van der Waals surface area contributed by atoms with Gasteiger partial charge in [-0.15, -0.1) is 0 Å². The number of hydrogen-bond donors (Lipinski definition) is 1. The molecule has 2 rings (SSSR count). The molecule has 1 atom stereocenters. The molecule has 1 aromatic carbocycles. The van der Waals surface area contributed by atoms with Crippen LogP contribution in [-0.4, -0.2) is 29.9 Å². The summed E-state index contributed by atoms with van der Waals surface area (Å²) >= 11 is 5.98. The maximum atomic E-state index is 13.1. The highest BCUT2D eigenvalue weighted by Crippen LogP contribution is 2.17. The van der Waals surface area contributed by atoms with Crippen LogP contribution in [0.3, 0.4) is 0 Å². The van der Waals surface area contributed by atoms with Crippen molar-refractivity contribution in [3.05, 3.63) is 34.6 Å². The van der Waals surface area contributed by atoms with E-state index in [1.807, 2.05) is 11.8 Å². The largest absolute Gasteiger partial charge is 0.341 e. The van der Waals surface area contributed by atoms with E-state index in [0.717, 1.165) is 25.9 Å². The van der Waals surface area contributed by atoms with E-state index in [1.54, 1.807) is 0 Å². The summed E-state index contributed by atoms with van der Waals surface area (Å²) in [5.41, 5.74) is 0.669. The van der Waals surface area contributed by atoms with Crippen LogP contribution in [0, 0.1) is 5.82 Å². The Morgan fingerprint density at radius 2 is 2.16 bits per heavy atom. The molecule has 1 heterocycles. The Morgan fingerprint density at radius 3 is 2.84 bits per heavy atom. The van der Waals surface area contributed by atoms with Gasteiger partial charge in [-0.25, -0.2) is 4.39 Å². The number of amides is 1. The second kappa shape index (κ2) is 6.35. The molecule has 1 unspecified atom stereocenters. The van der Waals surface area contributed by atoms with Gasteiger partial charge in [0.05, 0.1) is 6.04 Å². The Balaban J connectivity index is 1.90. The van der Waals surface area contributed by atoms with Gasteiger partial charge in [0.2, 0.25) is 5.91 Å². The van der Waals surface area contributed by atoms with Crippen molar-refractivity contribution in [3.63, 3.8) is 0 Å². The Morgan fingerprint density at radius 1 is 1.47 bits per heavy atom. The number of carbonyl (C=O) groups excluding carboxylic acids is 1. The minimum Gasteiger partial charge on any atom is -0.341 e. The Hall–Kier alpha value is -1.13. The van der Waals surface area contributed by atoms with E-state index in [0.29, 0.717) is 17.1 Å². The summed E-state index contributed by atoms with van der Waals surface area (Å²) < 4.78 is 13.1. The van der Waals surface area contributed by atoms with E-state index in [2.05, 4.69) is 5.32 Å². The molecule has 0 bridgehead atoms. The summed E-state index contributed by atoms with van der Waals surface area (Å²) in [6.45, 7) is 3.89. The molecule has 19 heavy (non-hydrogen) atoms. The fraction of sp³-hybridized carbons (Fsp3) is 0.500. The SMILES string of the molecule is CC(NCc1cc(F)ccc1Cl)C(=O)N1CCCC1. The maximum absolute atomic E-state index is 13.1. The third kappa shape index (κ3) is 3.67. The summed E-state index contributed by atoms with van der Waals surface area (Å²) in [5.74, 6) is -0.218. The first-order valence-corrected chi connectivity index (χ1v) is 6.92. The molecule has 1 amide bonds. The molecule has 3 nitrogen and oxygen atoms in total. The lowest BCUT2D eigenvalue weighted by Gasteiger charge is -2.21. The van der Waals surface area contributed by atoms with Crippen molar-refractivity contribution in [1.29, 1.82) is 0 Å². The van der Waals surface area contributed by atoms with Crippen LogP contribution in [0.25, 0.3) is 0 Å². The number of benzene rings is 1.